The maximum atomic E-state index is 13.2. The van der Waals surface area contributed by atoms with E-state index in [0.29, 0.717) is 5.82 Å². The molecule has 0 spiro atoms. The van der Waals surface area contributed by atoms with Gasteiger partial charge in [0.2, 0.25) is 0 Å². The summed E-state index contributed by atoms with van der Waals surface area (Å²) in [5.41, 5.74) is 2.74. The topological polar surface area (TPSA) is 57.3 Å². The van der Waals surface area contributed by atoms with Gasteiger partial charge in [0.1, 0.15) is 11.6 Å². The minimum Gasteiger partial charge on any atom is -0.331 e. The van der Waals surface area contributed by atoms with Gasteiger partial charge in [0.05, 0.1) is 6.04 Å². The van der Waals surface area contributed by atoms with Crippen molar-refractivity contribution < 1.29 is 9.18 Å². The molecule has 1 aromatic heterocycles. The molecular weight excluding hydrogens is 307 g/mol. The first-order chi connectivity index (χ1) is 11.3. The van der Waals surface area contributed by atoms with Crippen LogP contribution in [0.15, 0.2) is 36.5 Å². The molecule has 0 fully saturated rings. The average molecular weight is 330 g/mol. The van der Waals surface area contributed by atoms with Crippen LogP contribution in [-0.4, -0.2) is 30.0 Å². The molecule has 1 atom stereocenters. The molecule has 2 aromatic rings. The summed E-state index contributed by atoms with van der Waals surface area (Å²) >= 11 is 0. The van der Waals surface area contributed by atoms with Crippen LogP contribution in [0.25, 0.3) is 0 Å². The number of hydrogen-bond acceptors (Lipinski definition) is 3. The van der Waals surface area contributed by atoms with E-state index in [1.54, 1.807) is 12.3 Å². The number of pyridine rings is 1. The van der Waals surface area contributed by atoms with E-state index in [4.69, 9.17) is 0 Å². The smallest absolute Gasteiger partial charge is 0.320 e. The Hall–Kier alpha value is -2.47. The maximum absolute atomic E-state index is 13.2. The van der Waals surface area contributed by atoms with Crippen molar-refractivity contribution in [1.29, 1.82) is 0 Å². The molecular formula is C18H23FN4O. The predicted octanol–water partition coefficient (Wildman–Crippen LogP) is 3.47. The number of aromatic nitrogens is 1. The van der Waals surface area contributed by atoms with Crippen LogP contribution in [0.4, 0.5) is 15.0 Å². The van der Waals surface area contributed by atoms with Gasteiger partial charge < -0.3 is 10.2 Å². The van der Waals surface area contributed by atoms with Crippen LogP contribution in [-0.2, 0) is 6.54 Å². The van der Waals surface area contributed by atoms with Crippen molar-refractivity contribution in [3.8, 4) is 0 Å². The summed E-state index contributed by atoms with van der Waals surface area (Å²) in [6.45, 7) is 4.44. The minimum atomic E-state index is -0.347. The van der Waals surface area contributed by atoms with Gasteiger partial charge in [-0.2, -0.15) is 0 Å². The fourth-order valence-corrected chi connectivity index (χ4v) is 2.56. The van der Waals surface area contributed by atoms with E-state index in [1.165, 1.54) is 12.1 Å². The third-order valence-electron chi connectivity index (χ3n) is 3.61. The maximum Gasteiger partial charge on any atom is 0.320 e. The first kappa shape index (κ1) is 17.9. The van der Waals surface area contributed by atoms with Gasteiger partial charge in [0, 0.05) is 12.7 Å². The molecule has 0 unspecified atom stereocenters. The molecule has 6 heteroatoms. The Morgan fingerprint density at radius 3 is 2.71 bits per heavy atom. The molecule has 0 bridgehead atoms. The molecule has 2 rings (SSSR count). The summed E-state index contributed by atoms with van der Waals surface area (Å²) < 4.78 is 13.2. The molecule has 24 heavy (non-hydrogen) atoms. The molecule has 1 aromatic carbocycles. The van der Waals surface area contributed by atoms with Gasteiger partial charge in [-0.1, -0.05) is 6.07 Å². The molecule has 0 saturated heterocycles. The zero-order valence-corrected chi connectivity index (χ0v) is 14.4. The summed E-state index contributed by atoms with van der Waals surface area (Å²) in [4.78, 5) is 18.4. The molecule has 0 aliphatic heterocycles. The second-order valence-electron chi connectivity index (χ2n) is 6.11. The van der Waals surface area contributed by atoms with Gasteiger partial charge in [0.15, 0.2) is 0 Å². The molecule has 0 saturated carbocycles. The number of halogens is 1. The molecule has 0 aliphatic carbocycles. The molecule has 5 nitrogen and oxygen atoms in total. The van der Waals surface area contributed by atoms with Crippen LogP contribution >= 0.6 is 0 Å². The number of urea groups is 1. The average Bonchev–Trinajstić information content (AvgIpc) is 2.46. The highest BCUT2D eigenvalue weighted by molar-refractivity contribution is 5.88. The van der Waals surface area contributed by atoms with E-state index in [-0.39, 0.29) is 17.9 Å². The van der Waals surface area contributed by atoms with Gasteiger partial charge in [-0.25, -0.2) is 14.2 Å². The Kier molecular flexibility index (Phi) is 5.87. The first-order valence-corrected chi connectivity index (χ1v) is 7.78. The number of anilines is 1. The quantitative estimate of drug-likeness (QED) is 0.882. The third kappa shape index (κ3) is 5.03. The second kappa shape index (κ2) is 7.88. The highest BCUT2D eigenvalue weighted by Crippen LogP contribution is 2.18. The van der Waals surface area contributed by atoms with E-state index in [1.807, 2.05) is 45.0 Å². The van der Waals surface area contributed by atoms with Gasteiger partial charge in [-0.3, -0.25) is 5.32 Å². The molecule has 0 radical (unpaired) electrons. The first-order valence-electron chi connectivity index (χ1n) is 7.78. The summed E-state index contributed by atoms with van der Waals surface area (Å²) in [5.74, 6) is 0.213. The zero-order chi connectivity index (χ0) is 17.7. The number of nitrogens with one attached hydrogen (secondary N) is 2. The van der Waals surface area contributed by atoms with Crippen LogP contribution < -0.4 is 10.6 Å². The van der Waals surface area contributed by atoms with Crippen molar-refractivity contribution in [3.05, 3.63) is 59.0 Å². The number of carbonyl (C=O) groups is 1. The van der Waals surface area contributed by atoms with Gasteiger partial charge in [0.25, 0.3) is 0 Å². The van der Waals surface area contributed by atoms with Crippen LogP contribution in [0.5, 0.6) is 0 Å². The lowest BCUT2D eigenvalue weighted by Gasteiger charge is -2.17. The lowest BCUT2D eigenvalue weighted by Crippen LogP contribution is -2.31. The molecule has 2 amide bonds. The Morgan fingerprint density at radius 1 is 1.29 bits per heavy atom. The van der Waals surface area contributed by atoms with Gasteiger partial charge >= 0.3 is 6.03 Å². The SMILES string of the molecule is Cc1cc(F)ccc1[C@@H](C)NC(=O)Nc1cc(CN(C)C)ccn1. The zero-order valence-electron chi connectivity index (χ0n) is 14.4. The fraction of sp³-hybridized carbons (Fsp3) is 0.333. The molecule has 1 heterocycles. The number of carbonyl (C=O) groups excluding carboxylic acids is 1. The van der Waals surface area contributed by atoms with Crippen molar-refractivity contribution in [3.63, 3.8) is 0 Å². The number of amides is 2. The van der Waals surface area contributed by atoms with E-state index < -0.39 is 0 Å². The highest BCUT2D eigenvalue weighted by atomic mass is 19.1. The molecule has 0 aliphatic rings. The lowest BCUT2D eigenvalue weighted by atomic mass is 10.0. The van der Waals surface area contributed by atoms with Crippen molar-refractivity contribution in [2.45, 2.75) is 26.4 Å². The number of benzene rings is 1. The Labute approximate surface area is 141 Å². The normalized spacial score (nSPS) is 12.1. The number of hydrogen-bond donors (Lipinski definition) is 2. The van der Waals surface area contributed by atoms with E-state index >= 15 is 0 Å². The van der Waals surface area contributed by atoms with E-state index in [0.717, 1.165) is 23.2 Å². The lowest BCUT2D eigenvalue weighted by molar-refractivity contribution is 0.249. The van der Waals surface area contributed by atoms with E-state index in [2.05, 4.69) is 15.6 Å². The van der Waals surface area contributed by atoms with Gasteiger partial charge in [-0.05, 0) is 68.9 Å². The second-order valence-corrected chi connectivity index (χ2v) is 6.11. The van der Waals surface area contributed by atoms with Crippen molar-refractivity contribution in [2.75, 3.05) is 19.4 Å². The third-order valence-corrected chi connectivity index (χ3v) is 3.61. The van der Waals surface area contributed by atoms with Crippen LogP contribution in [0.3, 0.4) is 0 Å². The Morgan fingerprint density at radius 2 is 2.04 bits per heavy atom. The van der Waals surface area contributed by atoms with Crippen LogP contribution in [0, 0.1) is 12.7 Å². The number of aryl methyl sites for hydroxylation is 1. The summed E-state index contributed by atoms with van der Waals surface area (Å²) in [5, 5.41) is 5.58. The van der Waals surface area contributed by atoms with Crippen LogP contribution in [0.2, 0.25) is 0 Å². The summed E-state index contributed by atoms with van der Waals surface area (Å²) in [6.07, 6.45) is 1.67. The van der Waals surface area contributed by atoms with Crippen molar-refractivity contribution in [1.82, 2.24) is 15.2 Å². The van der Waals surface area contributed by atoms with Crippen LogP contribution in [0.1, 0.15) is 29.7 Å². The predicted molar refractivity (Wildman–Crippen MR) is 93.3 cm³/mol. The standard InChI is InChI=1S/C18H23FN4O/c1-12-9-15(19)5-6-16(12)13(2)21-18(24)22-17-10-14(7-8-20-17)11-23(3)4/h5-10,13H,11H2,1-4H3,(H2,20,21,22,24)/t13-/m1/s1. The van der Waals surface area contributed by atoms with E-state index in [9.17, 15) is 9.18 Å². The Bertz CT molecular complexity index is 718. The largest absolute Gasteiger partial charge is 0.331 e. The van der Waals surface area contributed by atoms with Crippen molar-refractivity contribution in [2.24, 2.45) is 0 Å². The fourth-order valence-electron chi connectivity index (χ4n) is 2.56. The minimum absolute atomic E-state index is 0.240. The number of rotatable bonds is 5. The summed E-state index contributed by atoms with van der Waals surface area (Å²) in [7, 11) is 3.96. The Balaban J connectivity index is 2.00. The highest BCUT2D eigenvalue weighted by Gasteiger charge is 2.13. The van der Waals surface area contributed by atoms with Crippen molar-refractivity contribution >= 4 is 11.8 Å². The molecule has 128 valence electrons. The number of nitrogens with zero attached hydrogens (tertiary/aromatic N) is 2. The monoisotopic (exact) mass is 330 g/mol. The van der Waals surface area contributed by atoms with Gasteiger partial charge in [-0.15, -0.1) is 0 Å². The molecule has 2 N–H and O–H groups in total. The summed E-state index contributed by atoms with van der Waals surface area (Å²) in [6, 6.07) is 7.70.